The number of rotatable bonds is 6. The van der Waals surface area contributed by atoms with Crippen LogP contribution in [0.3, 0.4) is 0 Å². The molecule has 3 fully saturated rings. The van der Waals surface area contributed by atoms with Gasteiger partial charge in [-0.2, -0.15) is 5.26 Å². The second kappa shape index (κ2) is 7.01. The number of nitrogens with one attached hydrogen (secondary N) is 2. The van der Waals surface area contributed by atoms with E-state index in [-0.39, 0.29) is 46.0 Å². The number of pyridine rings is 1. The molecule has 3 aliphatic carbocycles. The van der Waals surface area contributed by atoms with E-state index in [2.05, 4.69) is 15.6 Å². The summed E-state index contributed by atoms with van der Waals surface area (Å²) in [6.07, 6.45) is 3.27. The number of nitriles is 1. The number of benzene rings is 1. The fourth-order valence-electron chi connectivity index (χ4n) is 4.03. The minimum Gasteiger partial charge on any atom is -0.484 e. The maximum Gasteiger partial charge on any atom is 0.270 e. The highest BCUT2D eigenvalue weighted by atomic mass is 35.5. The molecule has 148 valence electrons. The minimum atomic E-state index is -0.614. The van der Waals surface area contributed by atoms with Gasteiger partial charge in [-0.1, -0.05) is 11.6 Å². The first kappa shape index (κ1) is 19.2. The maximum absolute atomic E-state index is 13.4. The molecule has 29 heavy (non-hydrogen) atoms. The SMILES string of the molecule is N#Cc1ccnc(C(=O)NC23CC(NC(=O)COc4ccc(Cl)c(F)c4)(C2)C3)c1. The van der Waals surface area contributed by atoms with Crippen molar-refractivity contribution in [1.29, 1.82) is 5.26 Å². The van der Waals surface area contributed by atoms with E-state index in [0.29, 0.717) is 24.8 Å². The molecule has 1 heterocycles. The van der Waals surface area contributed by atoms with Gasteiger partial charge in [0, 0.05) is 23.3 Å². The normalized spacial score (nSPS) is 23.8. The van der Waals surface area contributed by atoms with E-state index in [4.69, 9.17) is 21.6 Å². The number of amides is 2. The summed E-state index contributed by atoms with van der Waals surface area (Å²) in [5.74, 6) is -1.05. The maximum atomic E-state index is 13.4. The Kier molecular flexibility index (Phi) is 4.63. The van der Waals surface area contributed by atoms with Crippen molar-refractivity contribution in [1.82, 2.24) is 15.6 Å². The second-order valence-corrected chi connectivity index (χ2v) is 7.91. The third-order valence-electron chi connectivity index (χ3n) is 5.20. The van der Waals surface area contributed by atoms with Crippen LogP contribution in [0, 0.1) is 17.1 Å². The monoisotopic (exact) mass is 414 g/mol. The fraction of sp³-hybridized carbons (Fsp3) is 0.300. The molecule has 2 amide bonds. The van der Waals surface area contributed by atoms with Crippen LogP contribution >= 0.6 is 11.6 Å². The number of aromatic nitrogens is 1. The summed E-state index contributed by atoms with van der Waals surface area (Å²) >= 11 is 5.61. The van der Waals surface area contributed by atoms with E-state index >= 15 is 0 Å². The number of halogens is 2. The standard InChI is InChI=1S/C20H16ClFN4O3/c21-14-2-1-13(6-15(14)22)29-8-17(27)25-19-9-20(10-19,11-19)26-18(28)16-5-12(7-23)3-4-24-16/h1-6H,8-11H2,(H,25,27)(H,26,28). The molecule has 2 aromatic rings. The van der Waals surface area contributed by atoms with Crippen molar-refractivity contribution >= 4 is 23.4 Å². The zero-order valence-corrected chi connectivity index (χ0v) is 15.9. The van der Waals surface area contributed by atoms with Gasteiger partial charge in [-0.15, -0.1) is 0 Å². The van der Waals surface area contributed by atoms with Gasteiger partial charge < -0.3 is 15.4 Å². The van der Waals surface area contributed by atoms with Gasteiger partial charge >= 0.3 is 0 Å². The van der Waals surface area contributed by atoms with Gasteiger partial charge in [-0.3, -0.25) is 14.6 Å². The molecule has 2 N–H and O–H groups in total. The average molecular weight is 415 g/mol. The molecule has 0 atom stereocenters. The van der Waals surface area contributed by atoms with Crippen molar-refractivity contribution in [3.63, 3.8) is 0 Å². The van der Waals surface area contributed by atoms with Crippen LogP contribution in [0.2, 0.25) is 5.02 Å². The van der Waals surface area contributed by atoms with Crippen LogP contribution in [-0.2, 0) is 4.79 Å². The van der Waals surface area contributed by atoms with Crippen molar-refractivity contribution < 1.29 is 18.7 Å². The predicted molar refractivity (Wildman–Crippen MR) is 101 cm³/mol. The molecule has 1 aromatic heterocycles. The quantitative estimate of drug-likeness (QED) is 0.755. The van der Waals surface area contributed by atoms with E-state index in [1.807, 2.05) is 6.07 Å². The highest BCUT2D eigenvalue weighted by Crippen LogP contribution is 2.60. The molecule has 0 saturated heterocycles. The summed E-state index contributed by atoms with van der Waals surface area (Å²) in [6.45, 7) is -0.243. The molecule has 2 bridgehead atoms. The lowest BCUT2D eigenvalue weighted by molar-refractivity contribution is -0.141. The van der Waals surface area contributed by atoms with Crippen molar-refractivity contribution in [2.24, 2.45) is 0 Å². The number of nitrogens with zero attached hydrogens (tertiary/aromatic N) is 2. The van der Waals surface area contributed by atoms with Gasteiger partial charge in [0.1, 0.15) is 17.3 Å². The minimum absolute atomic E-state index is 0.0161. The molecule has 0 unspecified atom stereocenters. The van der Waals surface area contributed by atoms with Crippen LogP contribution in [0.5, 0.6) is 5.75 Å². The zero-order valence-electron chi connectivity index (χ0n) is 15.2. The van der Waals surface area contributed by atoms with Crippen molar-refractivity contribution in [3.05, 3.63) is 58.6 Å². The Morgan fingerprint density at radius 1 is 1.21 bits per heavy atom. The highest BCUT2D eigenvalue weighted by molar-refractivity contribution is 6.30. The van der Waals surface area contributed by atoms with Crippen LogP contribution < -0.4 is 15.4 Å². The van der Waals surface area contributed by atoms with E-state index in [1.165, 1.54) is 30.5 Å². The summed E-state index contributed by atoms with van der Waals surface area (Å²) in [5, 5.41) is 14.8. The van der Waals surface area contributed by atoms with Crippen LogP contribution in [-0.4, -0.2) is 34.5 Å². The lowest BCUT2D eigenvalue weighted by Gasteiger charge is -2.70. The Morgan fingerprint density at radius 2 is 1.93 bits per heavy atom. The summed E-state index contributed by atoms with van der Waals surface area (Å²) in [4.78, 5) is 28.5. The number of ether oxygens (including phenoxy) is 1. The Morgan fingerprint density at radius 3 is 2.62 bits per heavy atom. The zero-order chi connectivity index (χ0) is 20.6. The topological polar surface area (TPSA) is 104 Å². The first-order valence-corrected chi connectivity index (χ1v) is 9.27. The van der Waals surface area contributed by atoms with Crippen molar-refractivity contribution in [3.8, 4) is 11.8 Å². The summed E-state index contributed by atoms with van der Waals surface area (Å²) < 4.78 is 18.7. The van der Waals surface area contributed by atoms with Crippen molar-refractivity contribution in [2.75, 3.05) is 6.61 Å². The molecular formula is C20H16ClFN4O3. The highest BCUT2D eigenvalue weighted by Gasteiger charge is 2.69. The largest absolute Gasteiger partial charge is 0.484 e. The van der Waals surface area contributed by atoms with Gasteiger partial charge in [0.25, 0.3) is 11.8 Å². The van der Waals surface area contributed by atoms with Gasteiger partial charge in [-0.05, 0) is 43.5 Å². The van der Waals surface area contributed by atoms with Crippen LogP contribution in [0.4, 0.5) is 4.39 Å². The summed E-state index contributed by atoms with van der Waals surface area (Å²) in [5.41, 5.74) is -0.141. The smallest absolute Gasteiger partial charge is 0.270 e. The lowest BCUT2D eigenvalue weighted by Crippen LogP contribution is -2.84. The summed E-state index contributed by atoms with van der Waals surface area (Å²) in [7, 11) is 0. The molecular weight excluding hydrogens is 399 g/mol. The van der Waals surface area contributed by atoms with E-state index in [9.17, 15) is 14.0 Å². The van der Waals surface area contributed by atoms with Crippen LogP contribution in [0.1, 0.15) is 35.3 Å². The van der Waals surface area contributed by atoms with Gasteiger partial charge in [-0.25, -0.2) is 4.39 Å². The third-order valence-corrected chi connectivity index (χ3v) is 5.50. The van der Waals surface area contributed by atoms with Crippen LogP contribution in [0.15, 0.2) is 36.5 Å². The van der Waals surface area contributed by atoms with Gasteiger partial charge in [0.05, 0.1) is 16.7 Å². The van der Waals surface area contributed by atoms with Crippen molar-refractivity contribution in [2.45, 2.75) is 30.3 Å². The fourth-order valence-corrected chi connectivity index (χ4v) is 4.15. The third kappa shape index (κ3) is 3.74. The van der Waals surface area contributed by atoms with Crippen LogP contribution in [0.25, 0.3) is 0 Å². The van der Waals surface area contributed by atoms with E-state index in [1.54, 1.807) is 0 Å². The molecule has 3 aliphatic rings. The van der Waals surface area contributed by atoms with E-state index < -0.39 is 5.82 Å². The summed E-state index contributed by atoms with van der Waals surface area (Å²) in [6, 6.07) is 8.91. The van der Waals surface area contributed by atoms with E-state index in [0.717, 1.165) is 6.07 Å². The first-order valence-electron chi connectivity index (χ1n) is 8.90. The Hall–Kier alpha value is -3.18. The van der Waals surface area contributed by atoms with Gasteiger partial charge in [0.2, 0.25) is 0 Å². The number of carbonyl (C=O) groups is 2. The Labute approximate surface area is 170 Å². The molecule has 9 heteroatoms. The second-order valence-electron chi connectivity index (χ2n) is 7.50. The molecule has 0 radical (unpaired) electrons. The molecule has 5 rings (SSSR count). The Balaban J connectivity index is 1.25. The van der Waals surface area contributed by atoms with Gasteiger partial charge in [0.15, 0.2) is 6.61 Å². The molecule has 7 nitrogen and oxygen atoms in total. The number of carbonyl (C=O) groups excluding carboxylic acids is 2. The molecule has 0 spiro atoms. The molecule has 3 saturated carbocycles. The predicted octanol–water partition coefficient (Wildman–Crippen LogP) is 2.35. The number of hydrogen-bond acceptors (Lipinski definition) is 5. The number of hydrogen-bond donors (Lipinski definition) is 2. The molecule has 1 aromatic carbocycles. The lowest BCUT2D eigenvalue weighted by atomic mass is 9.44. The molecule has 0 aliphatic heterocycles. The Bertz CT molecular complexity index is 1030. The first-order chi connectivity index (χ1) is 13.8. The average Bonchev–Trinajstić information content (AvgIpc) is 2.66.